The fourth-order valence-electron chi connectivity index (χ4n) is 2.80. The smallest absolute Gasteiger partial charge is 0.287 e. The molecule has 0 spiro atoms. The average Bonchev–Trinajstić information content (AvgIpc) is 3.13. The van der Waals surface area contributed by atoms with E-state index >= 15 is 0 Å². The molecule has 1 aliphatic rings. The van der Waals surface area contributed by atoms with Crippen molar-refractivity contribution in [1.82, 2.24) is 5.32 Å². The van der Waals surface area contributed by atoms with Crippen molar-refractivity contribution >= 4 is 16.9 Å². The van der Waals surface area contributed by atoms with Crippen LogP contribution in [-0.4, -0.2) is 25.2 Å². The Bertz CT molecular complexity index is 653. The molecule has 0 saturated carbocycles. The van der Waals surface area contributed by atoms with Crippen LogP contribution in [-0.2, 0) is 11.2 Å². The van der Waals surface area contributed by atoms with Gasteiger partial charge in [-0.1, -0.05) is 13.0 Å². The maximum Gasteiger partial charge on any atom is 0.287 e. The second-order valence-electron chi connectivity index (χ2n) is 5.59. The maximum atomic E-state index is 12.3. The Kier molecular flexibility index (Phi) is 3.97. The van der Waals surface area contributed by atoms with Crippen LogP contribution in [0, 0.1) is 6.92 Å². The topological polar surface area (TPSA) is 51.5 Å². The number of benzene rings is 1. The largest absolute Gasteiger partial charge is 0.451 e. The second kappa shape index (κ2) is 5.90. The number of carbonyl (C=O) groups excluding carboxylic acids is 1. The predicted octanol–water partition coefficient (Wildman–Crippen LogP) is 3.21. The molecule has 1 amide bonds. The minimum Gasteiger partial charge on any atom is -0.451 e. The standard InChI is InChI=1S/C17H21NO3/c1-3-12-6-7-15-14(9-12)11(2)16(21-15)17(19)18-10-13-5-4-8-20-13/h6-7,9,13H,3-5,8,10H2,1-2H3,(H,18,19). The number of nitrogens with one attached hydrogen (secondary N) is 1. The van der Waals surface area contributed by atoms with Gasteiger partial charge in [0.1, 0.15) is 5.58 Å². The van der Waals surface area contributed by atoms with Crippen LogP contribution in [0.25, 0.3) is 11.0 Å². The molecule has 2 aromatic rings. The molecule has 112 valence electrons. The normalized spacial score (nSPS) is 18.3. The Morgan fingerprint density at radius 1 is 1.43 bits per heavy atom. The van der Waals surface area contributed by atoms with Gasteiger partial charge in [0.2, 0.25) is 0 Å². The molecule has 21 heavy (non-hydrogen) atoms. The Balaban J connectivity index is 1.79. The van der Waals surface area contributed by atoms with Gasteiger partial charge in [0.05, 0.1) is 6.10 Å². The number of hydrogen-bond acceptors (Lipinski definition) is 3. The summed E-state index contributed by atoms with van der Waals surface area (Å²) < 4.78 is 11.2. The molecule has 4 heteroatoms. The summed E-state index contributed by atoms with van der Waals surface area (Å²) in [6.07, 6.45) is 3.20. The lowest BCUT2D eigenvalue weighted by Gasteiger charge is -2.09. The SMILES string of the molecule is CCc1ccc2oc(C(=O)NCC3CCCO3)c(C)c2c1. The summed E-state index contributed by atoms with van der Waals surface area (Å²) in [6.45, 7) is 5.40. The minimum atomic E-state index is -0.155. The van der Waals surface area contributed by atoms with E-state index in [4.69, 9.17) is 9.15 Å². The lowest BCUT2D eigenvalue weighted by molar-refractivity contribution is 0.0836. The van der Waals surface area contributed by atoms with E-state index in [9.17, 15) is 4.79 Å². The lowest BCUT2D eigenvalue weighted by atomic mass is 10.1. The van der Waals surface area contributed by atoms with Crippen LogP contribution in [0.4, 0.5) is 0 Å². The molecule has 1 N–H and O–H groups in total. The van der Waals surface area contributed by atoms with Crippen LogP contribution in [0.15, 0.2) is 22.6 Å². The summed E-state index contributed by atoms with van der Waals surface area (Å²) in [4.78, 5) is 12.3. The molecule has 2 heterocycles. The molecule has 1 atom stereocenters. The second-order valence-corrected chi connectivity index (χ2v) is 5.59. The Labute approximate surface area is 124 Å². The zero-order valence-electron chi connectivity index (χ0n) is 12.6. The van der Waals surface area contributed by atoms with Crippen molar-refractivity contribution in [1.29, 1.82) is 0 Å². The van der Waals surface area contributed by atoms with Gasteiger partial charge in [-0.3, -0.25) is 4.79 Å². The first-order chi connectivity index (χ1) is 10.2. The van der Waals surface area contributed by atoms with Gasteiger partial charge >= 0.3 is 0 Å². The summed E-state index contributed by atoms with van der Waals surface area (Å²) in [5, 5.41) is 3.94. The third kappa shape index (κ3) is 2.81. The maximum absolute atomic E-state index is 12.3. The van der Waals surface area contributed by atoms with E-state index < -0.39 is 0 Å². The van der Waals surface area contributed by atoms with Crippen LogP contribution in [0.5, 0.6) is 0 Å². The first-order valence-corrected chi connectivity index (χ1v) is 7.61. The summed E-state index contributed by atoms with van der Waals surface area (Å²) in [7, 11) is 0. The van der Waals surface area contributed by atoms with Crippen molar-refractivity contribution in [2.75, 3.05) is 13.2 Å². The summed E-state index contributed by atoms with van der Waals surface area (Å²) in [6, 6.07) is 6.09. The molecule has 1 aliphatic heterocycles. The highest BCUT2D eigenvalue weighted by Crippen LogP contribution is 2.26. The molecule has 0 radical (unpaired) electrons. The number of amides is 1. The monoisotopic (exact) mass is 287 g/mol. The van der Waals surface area contributed by atoms with Gasteiger partial charge in [-0.05, 0) is 43.9 Å². The van der Waals surface area contributed by atoms with Crippen molar-refractivity contribution in [3.63, 3.8) is 0 Å². The van der Waals surface area contributed by atoms with E-state index in [0.29, 0.717) is 12.3 Å². The fourth-order valence-corrected chi connectivity index (χ4v) is 2.80. The van der Waals surface area contributed by atoms with Gasteiger partial charge < -0.3 is 14.5 Å². The van der Waals surface area contributed by atoms with E-state index in [2.05, 4.69) is 18.3 Å². The van der Waals surface area contributed by atoms with Crippen molar-refractivity contribution < 1.29 is 13.9 Å². The number of hydrogen-bond donors (Lipinski definition) is 1. The van der Waals surface area contributed by atoms with Crippen molar-refractivity contribution in [3.8, 4) is 0 Å². The Morgan fingerprint density at radius 3 is 3.00 bits per heavy atom. The van der Waals surface area contributed by atoms with E-state index in [1.807, 2.05) is 19.1 Å². The quantitative estimate of drug-likeness (QED) is 0.939. The highest BCUT2D eigenvalue weighted by molar-refractivity contribution is 5.99. The highest BCUT2D eigenvalue weighted by Gasteiger charge is 2.20. The molecule has 4 nitrogen and oxygen atoms in total. The zero-order valence-corrected chi connectivity index (χ0v) is 12.6. The third-order valence-electron chi connectivity index (χ3n) is 4.13. The number of ether oxygens (including phenoxy) is 1. The van der Waals surface area contributed by atoms with E-state index in [1.54, 1.807) is 0 Å². The molecular formula is C17H21NO3. The molecule has 0 bridgehead atoms. The van der Waals surface area contributed by atoms with Crippen LogP contribution in [0.3, 0.4) is 0 Å². The van der Waals surface area contributed by atoms with Crippen LogP contribution >= 0.6 is 0 Å². The molecule has 1 unspecified atom stereocenters. The molecule has 3 rings (SSSR count). The van der Waals surface area contributed by atoms with Gasteiger partial charge in [0.25, 0.3) is 5.91 Å². The number of carbonyl (C=O) groups is 1. The Morgan fingerprint density at radius 2 is 2.29 bits per heavy atom. The van der Waals surface area contributed by atoms with Crippen molar-refractivity contribution in [2.45, 2.75) is 39.2 Å². The molecule has 1 aromatic heterocycles. The minimum absolute atomic E-state index is 0.144. The average molecular weight is 287 g/mol. The summed E-state index contributed by atoms with van der Waals surface area (Å²) in [5.41, 5.74) is 2.93. The predicted molar refractivity (Wildman–Crippen MR) is 81.6 cm³/mol. The van der Waals surface area contributed by atoms with Gasteiger partial charge in [-0.25, -0.2) is 0 Å². The van der Waals surface area contributed by atoms with E-state index in [0.717, 1.165) is 42.4 Å². The fraction of sp³-hybridized carbons (Fsp3) is 0.471. The van der Waals surface area contributed by atoms with Gasteiger partial charge in [-0.15, -0.1) is 0 Å². The van der Waals surface area contributed by atoms with Crippen LogP contribution in [0.1, 0.15) is 41.4 Å². The van der Waals surface area contributed by atoms with Gasteiger partial charge in [0, 0.05) is 24.1 Å². The summed E-state index contributed by atoms with van der Waals surface area (Å²) in [5.74, 6) is 0.258. The van der Waals surface area contributed by atoms with Gasteiger partial charge in [-0.2, -0.15) is 0 Å². The van der Waals surface area contributed by atoms with E-state index in [-0.39, 0.29) is 12.0 Å². The van der Waals surface area contributed by atoms with Crippen molar-refractivity contribution in [2.24, 2.45) is 0 Å². The lowest BCUT2D eigenvalue weighted by Crippen LogP contribution is -2.31. The van der Waals surface area contributed by atoms with Crippen molar-refractivity contribution in [3.05, 3.63) is 35.1 Å². The van der Waals surface area contributed by atoms with E-state index in [1.165, 1.54) is 5.56 Å². The highest BCUT2D eigenvalue weighted by atomic mass is 16.5. The van der Waals surface area contributed by atoms with Gasteiger partial charge in [0.15, 0.2) is 5.76 Å². The van der Waals surface area contributed by atoms with Crippen LogP contribution < -0.4 is 5.32 Å². The number of furan rings is 1. The third-order valence-corrected chi connectivity index (χ3v) is 4.13. The molecule has 0 aliphatic carbocycles. The van der Waals surface area contributed by atoms with Crippen LogP contribution in [0.2, 0.25) is 0 Å². The zero-order chi connectivity index (χ0) is 14.8. The molecule has 1 saturated heterocycles. The Hall–Kier alpha value is -1.81. The molecular weight excluding hydrogens is 266 g/mol. The first-order valence-electron chi connectivity index (χ1n) is 7.61. The number of rotatable bonds is 4. The first kappa shape index (κ1) is 14.1. The summed E-state index contributed by atoms with van der Waals surface area (Å²) >= 11 is 0. The molecule has 1 fully saturated rings. The number of aryl methyl sites for hydroxylation is 2. The number of fused-ring (bicyclic) bond motifs is 1. The molecule has 1 aromatic carbocycles.